The maximum Gasteiger partial charge on any atom is 0.260 e. The van der Waals surface area contributed by atoms with Gasteiger partial charge in [0.25, 0.3) is 5.91 Å². The number of nitrogens with two attached hydrogens (primary N) is 1. The van der Waals surface area contributed by atoms with Crippen LogP contribution >= 0.6 is 11.3 Å². The third-order valence-corrected chi connectivity index (χ3v) is 6.46. The SMILES string of the molecule is COc1ccc(C(=O)Nc2sc3c(c2C#N)CC(C)(C)[NH2+]C3(C)C)c(OC)c1. The molecular weight excluding hydrogens is 374 g/mol. The molecule has 1 aliphatic rings. The number of benzene rings is 1. The van der Waals surface area contributed by atoms with Crippen LogP contribution < -0.4 is 20.1 Å². The highest BCUT2D eigenvalue weighted by atomic mass is 32.1. The van der Waals surface area contributed by atoms with Crippen LogP contribution in [0.1, 0.15) is 54.1 Å². The number of thiophene rings is 1. The maximum atomic E-state index is 12.9. The van der Waals surface area contributed by atoms with Gasteiger partial charge in [-0.3, -0.25) is 4.79 Å². The van der Waals surface area contributed by atoms with Gasteiger partial charge in [0.2, 0.25) is 0 Å². The van der Waals surface area contributed by atoms with Gasteiger partial charge in [0, 0.05) is 12.5 Å². The average molecular weight is 401 g/mol. The van der Waals surface area contributed by atoms with Crippen molar-refractivity contribution in [2.75, 3.05) is 19.5 Å². The van der Waals surface area contributed by atoms with Gasteiger partial charge in [-0.2, -0.15) is 5.26 Å². The van der Waals surface area contributed by atoms with Crippen molar-refractivity contribution in [3.8, 4) is 17.6 Å². The maximum absolute atomic E-state index is 12.9. The molecule has 0 atom stereocenters. The summed E-state index contributed by atoms with van der Waals surface area (Å²) in [4.78, 5) is 14.1. The monoisotopic (exact) mass is 400 g/mol. The highest BCUT2D eigenvalue weighted by Gasteiger charge is 2.44. The number of nitrogens with one attached hydrogen (secondary N) is 1. The van der Waals surface area contributed by atoms with E-state index >= 15 is 0 Å². The summed E-state index contributed by atoms with van der Waals surface area (Å²) in [5.74, 6) is 0.722. The largest absolute Gasteiger partial charge is 0.497 e. The van der Waals surface area contributed by atoms with Crippen molar-refractivity contribution in [1.82, 2.24) is 0 Å². The number of rotatable bonds is 4. The molecule has 3 N–H and O–H groups in total. The standard InChI is InChI=1S/C21H25N3O3S/c1-20(2)10-14-15(11-22)19(28-17(14)21(3,4)24-20)23-18(25)13-8-7-12(26-5)9-16(13)27-6/h7-9,24H,10H2,1-6H3,(H,23,25)/p+1. The Kier molecular flexibility index (Phi) is 5.13. The van der Waals surface area contributed by atoms with E-state index in [1.54, 1.807) is 25.3 Å². The van der Waals surface area contributed by atoms with E-state index in [4.69, 9.17) is 9.47 Å². The second-order valence-corrected chi connectivity index (χ2v) is 9.30. The molecule has 0 spiro atoms. The number of nitriles is 1. The highest BCUT2D eigenvalue weighted by Crippen LogP contribution is 2.42. The summed E-state index contributed by atoms with van der Waals surface area (Å²) in [7, 11) is 3.07. The predicted molar refractivity (Wildman–Crippen MR) is 109 cm³/mol. The molecule has 1 aromatic heterocycles. The lowest BCUT2D eigenvalue weighted by atomic mass is 9.81. The Hall–Kier alpha value is -2.56. The smallest absolute Gasteiger partial charge is 0.260 e. The fourth-order valence-electron chi connectivity index (χ4n) is 4.07. The van der Waals surface area contributed by atoms with Crippen LogP contribution in [0.2, 0.25) is 0 Å². The number of carbonyl (C=O) groups is 1. The normalized spacial score (nSPS) is 16.6. The van der Waals surface area contributed by atoms with Crippen LogP contribution in [0.25, 0.3) is 0 Å². The van der Waals surface area contributed by atoms with E-state index in [1.165, 1.54) is 18.4 Å². The molecule has 0 bridgehead atoms. The van der Waals surface area contributed by atoms with E-state index in [-0.39, 0.29) is 17.0 Å². The average Bonchev–Trinajstić information content (AvgIpc) is 2.96. The van der Waals surface area contributed by atoms with Crippen LogP contribution in [-0.4, -0.2) is 25.7 Å². The summed E-state index contributed by atoms with van der Waals surface area (Å²) >= 11 is 1.49. The number of ether oxygens (including phenoxy) is 2. The molecule has 0 fully saturated rings. The molecule has 1 aromatic carbocycles. The van der Waals surface area contributed by atoms with Gasteiger partial charge < -0.3 is 20.1 Å². The quantitative estimate of drug-likeness (QED) is 0.826. The number of anilines is 1. The fraction of sp³-hybridized carbons (Fsp3) is 0.429. The Morgan fingerprint density at radius 2 is 1.96 bits per heavy atom. The van der Waals surface area contributed by atoms with Crippen molar-refractivity contribution in [1.29, 1.82) is 5.26 Å². The van der Waals surface area contributed by atoms with Gasteiger partial charge in [0.05, 0.1) is 35.8 Å². The first-order valence-corrected chi connectivity index (χ1v) is 9.90. The lowest BCUT2D eigenvalue weighted by Crippen LogP contribution is -3.03. The van der Waals surface area contributed by atoms with Crippen molar-refractivity contribution in [2.45, 2.75) is 45.2 Å². The molecule has 0 radical (unpaired) electrons. The zero-order chi connectivity index (χ0) is 20.7. The summed E-state index contributed by atoms with van der Waals surface area (Å²) in [6, 6.07) is 7.35. The van der Waals surface area contributed by atoms with E-state index < -0.39 is 0 Å². The van der Waals surface area contributed by atoms with Crippen LogP contribution in [0.3, 0.4) is 0 Å². The van der Waals surface area contributed by atoms with E-state index in [2.05, 4.69) is 44.4 Å². The van der Waals surface area contributed by atoms with Crippen molar-refractivity contribution >= 4 is 22.2 Å². The number of hydrogen-bond acceptors (Lipinski definition) is 5. The number of quaternary nitrogens is 1. The second kappa shape index (κ2) is 7.12. The zero-order valence-electron chi connectivity index (χ0n) is 17.1. The summed E-state index contributed by atoms with van der Waals surface area (Å²) in [5.41, 5.74) is 1.83. The number of hydrogen-bond donors (Lipinski definition) is 2. The third-order valence-electron chi connectivity index (χ3n) is 4.97. The molecule has 1 amide bonds. The summed E-state index contributed by atoms with van der Waals surface area (Å²) in [6.45, 7) is 8.67. The molecule has 1 aliphatic heterocycles. The van der Waals surface area contributed by atoms with Gasteiger partial charge in [0.1, 0.15) is 28.1 Å². The van der Waals surface area contributed by atoms with Crippen LogP contribution in [0.15, 0.2) is 18.2 Å². The molecule has 2 heterocycles. The number of fused-ring (bicyclic) bond motifs is 1. The van der Waals surface area contributed by atoms with Gasteiger partial charge in [0.15, 0.2) is 0 Å². The first-order valence-electron chi connectivity index (χ1n) is 9.08. The first kappa shape index (κ1) is 20.2. The zero-order valence-corrected chi connectivity index (χ0v) is 17.9. The molecule has 7 heteroatoms. The lowest BCUT2D eigenvalue weighted by Gasteiger charge is -2.38. The minimum Gasteiger partial charge on any atom is -0.497 e. The summed E-state index contributed by atoms with van der Waals surface area (Å²) < 4.78 is 10.5. The molecular formula is C21H26N3O3S+. The van der Waals surface area contributed by atoms with Gasteiger partial charge in [-0.15, -0.1) is 11.3 Å². The van der Waals surface area contributed by atoms with Gasteiger partial charge in [-0.05, 0) is 45.4 Å². The van der Waals surface area contributed by atoms with E-state index in [9.17, 15) is 10.1 Å². The predicted octanol–water partition coefficient (Wildman–Crippen LogP) is 3.02. The Balaban J connectivity index is 2.00. The fourth-order valence-corrected chi connectivity index (χ4v) is 5.30. The number of nitrogens with zero attached hydrogens (tertiary/aromatic N) is 1. The van der Waals surface area contributed by atoms with E-state index in [0.29, 0.717) is 27.6 Å². The molecule has 148 valence electrons. The molecule has 0 aliphatic carbocycles. The minimum atomic E-state index is -0.310. The van der Waals surface area contributed by atoms with E-state index in [1.807, 2.05) is 0 Å². The van der Waals surface area contributed by atoms with Crippen molar-refractivity contribution in [3.05, 3.63) is 39.8 Å². The molecule has 0 unspecified atom stereocenters. The topological polar surface area (TPSA) is 88.0 Å². The number of methoxy groups -OCH3 is 2. The van der Waals surface area contributed by atoms with Gasteiger partial charge in [-0.25, -0.2) is 0 Å². The molecule has 6 nitrogen and oxygen atoms in total. The van der Waals surface area contributed by atoms with Crippen LogP contribution in [0, 0.1) is 11.3 Å². The number of amides is 1. The minimum absolute atomic E-state index is 0.0103. The van der Waals surface area contributed by atoms with Gasteiger partial charge in [-0.1, -0.05) is 0 Å². The molecule has 0 saturated carbocycles. The van der Waals surface area contributed by atoms with Crippen LogP contribution in [-0.2, 0) is 12.0 Å². The Morgan fingerprint density at radius 1 is 1.25 bits per heavy atom. The Bertz CT molecular complexity index is 970. The second-order valence-electron chi connectivity index (χ2n) is 8.28. The lowest BCUT2D eigenvalue weighted by molar-refractivity contribution is -0.789. The molecule has 2 aromatic rings. The Morgan fingerprint density at radius 3 is 2.57 bits per heavy atom. The van der Waals surface area contributed by atoms with E-state index in [0.717, 1.165) is 16.9 Å². The van der Waals surface area contributed by atoms with Crippen molar-refractivity contribution < 1.29 is 19.6 Å². The summed E-state index contributed by atoms with van der Waals surface area (Å²) in [6.07, 6.45) is 0.785. The Labute approximate surface area is 169 Å². The summed E-state index contributed by atoms with van der Waals surface area (Å²) in [5, 5.41) is 15.7. The highest BCUT2D eigenvalue weighted by molar-refractivity contribution is 7.16. The molecule has 0 saturated heterocycles. The number of carbonyl (C=O) groups excluding carboxylic acids is 1. The molecule has 28 heavy (non-hydrogen) atoms. The molecule has 3 rings (SSSR count). The van der Waals surface area contributed by atoms with Crippen molar-refractivity contribution in [2.24, 2.45) is 0 Å². The van der Waals surface area contributed by atoms with Crippen LogP contribution in [0.4, 0.5) is 5.00 Å². The first-order chi connectivity index (χ1) is 13.1. The third kappa shape index (κ3) is 3.58. The van der Waals surface area contributed by atoms with Gasteiger partial charge >= 0.3 is 0 Å². The van der Waals surface area contributed by atoms with Crippen molar-refractivity contribution in [3.63, 3.8) is 0 Å². The van der Waals surface area contributed by atoms with Crippen LogP contribution in [0.5, 0.6) is 11.5 Å².